The van der Waals surface area contributed by atoms with Gasteiger partial charge >= 0.3 is 5.97 Å². The lowest BCUT2D eigenvalue weighted by Gasteiger charge is -2.16. The monoisotopic (exact) mass is 414 g/mol. The van der Waals surface area contributed by atoms with Gasteiger partial charge in [-0.15, -0.1) is 0 Å². The van der Waals surface area contributed by atoms with E-state index >= 15 is 0 Å². The van der Waals surface area contributed by atoms with Gasteiger partial charge in [0.25, 0.3) is 0 Å². The molecule has 1 atom stereocenters. The Morgan fingerprint density at radius 2 is 1.87 bits per heavy atom. The highest BCUT2D eigenvalue weighted by Gasteiger charge is 2.15. The van der Waals surface area contributed by atoms with E-state index in [0.717, 1.165) is 29.8 Å². The van der Waals surface area contributed by atoms with E-state index in [-0.39, 0.29) is 11.9 Å². The van der Waals surface area contributed by atoms with Crippen molar-refractivity contribution in [1.82, 2.24) is 0 Å². The van der Waals surface area contributed by atoms with Gasteiger partial charge in [-0.3, -0.25) is 10.4 Å². The van der Waals surface area contributed by atoms with Gasteiger partial charge in [-0.2, -0.15) is 0 Å². The number of rotatable bonds is 10. The van der Waals surface area contributed by atoms with Gasteiger partial charge in [-0.05, 0) is 56.5 Å². The molecule has 1 rings (SSSR count). The van der Waals surface area contributed by atoms with E-state index in [9.17, 15) is 4.79 Å². The molecule has 164 valence electrons. The zero-order valence-electron chi connectivity index (χ0n) is 18.9. The average Bonchev–Trinajstić information content (AvgIpc) is 2.73. The molecule has 0 aliphatic heterocycles. The molecular formula is C23H34N4O3. The normalized spacial score (nSPS) is 14.1. The molecule has 0 bridgehead atoms. The van der Waals surface area contributed by atoms with Gasteiger partial charge in [-0.25, -0.2) is 9.79 Å². The van der Waals surface area contributed by atoms with Gasteiger partial charge in [0.05, 0.1) is 18.4 Å². The molecule has 0 aliphatic rings. The highest BCUT2D eigenvalue weighted by Crippen LogP contribution is 2.21. The first-order valence-corrected chi connectivity index (χ1v) is 10.2. The van der Waals surface area contributed by atoms with E-state index < -0.39 is 5.97 Å². The molecule has 0 saturated carbocycles. The number of esters is 1. The summed E-state index contributed by atoms with van der Waals surface area (Å²) in [7, 11) is 3.06. The number of amidine groups is 1. The SMILES string of the molecule is CCCC(=NC(=N)C/C(C)=C(\Oc1ccc(C(=O)OC)cc1)C(CC)=NC)C(C)N. The van der Waals surface area contributed by atoms with Crippen LogP contribution in [0, 0.1) is 5.41 Å². The van der Waals surface area contributed by atoms with Crippen LogP contribution in [0.3, 0.4) is 0 Å². The topological polar surface area (TPSA) is 110 Å². The minimum Gasteiger partial charge on any atom is -0.465 e. The number of nitrogens with two attached hydrogens (primary N) is 1. The summed E-state index contributed by atoms with van der Waals surface area (Å²) in [5.74, 6) is 1.02. The van der Waals surface area contributed by atoms with E-state index in [1.165, 1.54) is 7.11 Å². The predicted molar refractivity (Wildman–Crippen MR) is 123 cm³/mol. The van der Waals surface area contributed by atoms with Crippen LogP contribution < -0.4 is 10.5 Å². The summed E-state index contributed by atoms with van der Waals surface area (Å²) in [6.07, 6.45) is 2.71. The summed E-state index contributed by atoms with van der Waals surface area (Å²) >= 11 is 0. The summed E-state index contributed by atoms with van der Waals surface area (Å²) < 4.78 is 10.8. The molecule has 1 aromatic carbocycles. The number of carbonyl (C=O) groups is 1. The standard InChI is InChI=1S/C23H34N4O3/c1-7-9-20(16(4)24)27-21(25)14-15(3)22(19(8-2)26-5)30-18-12-10-17(11-13-18)23(28)29-6/h10-13,16,25H,7-9,14,24H2,1-6H3/b22-15-,25-21?,26-19?,27-20?. The number of nitrogens with one attached hydrogen (secondary N) is 1. The van der Waals surface area contributed by atoms with Crippen molar-refractivity contribution in [3.63, 3.8) is 0 Å². The Labute approximate surface area is 179 Å². The summed E-state index contributed by atoms with van der Waals surface area (Å²) in [4.78, 5) is 20.4. The molecule has 0 saturated heterocycles. The molecule has 0 heterocycles. The van der Waals surface area contributed by atoms with Crippen molar-refractivity contribution in [1.29, 1.82) is 5.41 Å². The van der Waals surface area contributed by atoms with Crippen LogP contribution in [0.4, 0.5) is 0 Å². The third-order valence-electron chi connectivity index (χ3n) is 4.49. The highest BCUT2D eigenvalue weighted by atomic mass is 16.5. The summed E-state index contributed by atoms with van der Waals surface area (Å²) in [6, 6.07) is 6.54. The van der Waals surface area contributed by atoms with Crippen molar-refractivity contribution < 1.29 is 14.3 Å². The molecule has 7 heteroatoms. The lowest BCUT2D eigenvalue weighted by Crippen LogP contribution is -2.27. The quantitative estimate of drug-likeness (QED) is 0.253. The zero-order valence-corrected chi connectivity index (χ0v) is 18.9. The number of nitrogens with zero attached hydrogens (tertiary/aromatic N) is 2. The molecule has 0 amide bonds. The molecule has 0 aromatic heterocycles. The van der Waals surface area contributed by atoms with E-state index in [0.29, 0.717) is 29.9 Å². The van der Waals surface area contributed by atoms with Crippen molar-refractivity contribution in [3.05, 3.63) is 41.2 Å². The van der Waals surface area contributed by atoms with Crippen molar-refractivity contribution in [2.45, 2.75) is 59.4 Å². The van der Waals surface area contributed by atoms with Crippen LogP contribution in [0.25, 0.3) is 0 Å². The molecule has 7 nitrogen and oxygen atoms in total. The van der Waals surface area contributed by atoms with Crippen LogP contribution in [0.2, 0.25) is 0 Å². The van der Waals surface area contributed by atoms with Crippen molar-refractivity contribution in [2.24, 2.45) is 15.7 Å². The highest BCUT2D eigenvalue weighted by molar-refractivity contribution is 6.02. The van der Waals surface area contributed by atoms with Gasteiger partial charge < -0.3 is 15.2 Å². The number of ether oxygens (including phenoxy) is 2. The third-order valence-corrected chi connectivity index (χ3v) is 4.49. The number of benzene rings is 1. The Hall–Kier alpha value is -2.80. The summed E-state index contributed by atoms with van der Waals surface area (Å²) in [5, 5.41) is 8.32. The maximum Gasteiger partial charge on any atom is 0.337 e. The van der Waals surface area contributed by atoms with Gasteiger partial charge in [-0.1, -0.05) is 20.3 Å². The lowest BCUT2D eigenvalue weighted by atomic mass is 10.1. The van der Waals surface area contributed by atoms with Crippen LogP contribution in [-0.2, 0) is 4.74 Å². The molecule has 3 N–H and O–H groups in total. The van der Waals surface area contributed by atoms with Gasteiger partial charge in [0, 0.05) is 25.2 Å². The van der Waals surface area contributed by atoms with Crippen molar-refractivity contribution >= 4 is 23.2 Å². The van der Waals surface area contributed by atoms with E-state index in [4.69, 9.17) is 20.6 Å². The van der Waals surface area contributed by atoms with Crippen LogP contribution in [0.15, 0.2) is 45.6 Å². The summed E-state index contributed by atoms with van der Waals surface area (Å²) in [6.45, 7) is 7.86. The minimum absolute atomic E-state index is 0.179. The molecule has 0 spiro atoms. The zero-order chi connectivity index (χ0) is 22.7. The van der Waals surface area contributed by atoms with Crippen molar-refractivity contribution in [2.75, 3.05) is 14.2 Å². The Kier molecular flexibility index (Phi) is 10.7. The second kappa shape index (κ2) is 12.7. The largest absolute Gasteiger partial charge is 0.465 e. The van der Waals surface area contributed by atoms with Gasteiger partial charge in [0.2, 0.25) is 0 Å². The van der Waals surface area contributed by atoms with E-state index in [1.807, 2.05) is 20.8 Å². The molecule has 1 unspecified atom stereocenters. The first-order valence-electron chi connectivity index (χ1n) is 10.2. The third kappa shape index (κ3) is 7.55. The second-order valence-electron chi connectivity index (χ2n) is 7.02. The van der Waals surface area contributed by atoms with Crippen LogP contribution in [-0.4, -0.2) is 43.4 Å². The number of hydrogen-bond donors (Lipinski definition) is 2. The molecular weight excluding hydrogens is 380 g/mol. The molecule has 1 aromatic rings. The fourth-order valence-electron chi connectivity index (χ4n) is 2.89. The van der Waals surface area contributed by atoms with Gasteiger partial charge in [0.15, 0.2) is 0 Å². The molecule has 30 heavy (non-hydrogen) atoms. The smallest absolute Gasteiger partial charge is 0.337 e. The van der Waals surface area contributed by atoms with Crippen LogP contribution in [0.5, 0.6) is 5.75 Å². The van der Waals surface area contributed by atoms with Crippen molar-refractivity contribution in [3.8, 4) is 5.75 Å². The Balaban J connectivity index is 3.17. The van der Waals surface area contributed by atoms with Gasteiger partial charge in [0.1, 0.15) is 17.3 Å². The summed E-state index contributed by atoms with van der Waals surface area (Å²) in [5.41, 5.74) is 8.90. The van der Waals surface area contributed by atoms with Crippen LogP contribution >= 0.6 is 0 Å². The fraction of sp³-hybridized carbons (Fsp3) is 0.478. The Morgan fingerprint density at radius 3 is 2.33 bits per heavy atom. The molecule has 0 fully saturated rings. The number of carbonyl (C=O) groups excluding carboxylic acids is 1. The number of aliphatic imine (C=N–C) groups is 2. The molecule has 0 radical (unpaired) electrons. The maximum atomic E-state index is 11.6. The van der Waals surface area contributed by atoms with E-state index in [1.54, 1.807) is 31.3 Å². The number of methoxy groups -OCH3 is 1. The fourth-order valence-corrected chi connectivity index (χ4v) is 2.89. The van der Waals surface area contributed by atoms with E-state index in [2.05, 4.69) is 16.9 Å². The molecule has 0 aliphatic carbocycles. The number of hydrogen-bond acceptors (Lipinski definition) is 6. The Bertz CT molecular complexity index is 821. The van der Waals surface area contributed by atoms with Crippen LogP contribution in [0.1, 0.15) is 63.7 Å². The Morgan fingerprint density at radius 1 is 1.23 bits per heavy atom. The predicted octanol–water partition coefficient (Wildman–Crippen LogP) is 4.56. The maximum absolute atomic E-state index is 11.6. The second-order valence-corrected chi connectivity index (χ2v) is 7.02. The first-order chi connectivity index (χ1) is 14.3. The lowest BCUT2D eigenvalue weighted by molar-refractivity contribution is 0.0600. The average molecular weight is 415 g/mol. The number of allylic oxidation sites excluding steroid dienone is 1. The minimum atomic E-state index is -0.402. The first kappa shape index (κ1) is 25.2.